The van der Waals surface area contributed by atoms with E-state index in [0.717, 1.165) is 10.4 Å². The van der Waals surface area contributed by atoms with E-state index in [-0.39, 0.29) is 13.0 Å². The Morgan fingerprint density at radius 2 is 2.24 bits per heavy atom. The van der Waals surface area contributed by atoms with Gasteiger partial charge in [0.1, 0.15) is 12.2 Å². The van der Waals surface area contributed by atoms with Crippen molar-refractivity contribution in [1.29, 1.82) is 0 Å². The van der Waals surface area contributed by atoms with Gasteiger partial charge >= 0.3 is 6.09 Å². The van der Waals surface area contributed by atoms with Crippen LogP contribution in [-0.2, 0) is 4.79 Å². The number of pyridine rings is 1. The van der Waals surface area contributed by atoms with E-state index in [1.165, 1.54) is 0 Å². The number of rotatable bonds is 2. The molecule has 3 rings (SSSR count). The van der Waals surface area contributed by atoms with Gasteiger partial charge in [-0.1, -0.05) is 6.07 Å². The molecule has 0 radical (unpaired) electrons. The number of carbonyl (C=O) groups excluding carboxylic acids is 1. The molecule has 0 bridgehead atoms. The Kier molecular flexibility index (Phi) is 3.20. The SMILES string of the molecule is O=C(Nc1cc2ccccn2n1)[C@H]1C[C@@H](F)CN1C(=O)O. The summed E-state index contributed by atoms with van der Waals surface area (Å²) in [6.45, 7) is -0.279. The highest BCUT2D eigenvalue weighted by Gasteiger charge is 2.40. The molecular weight excluding hydrogens is 279 g/mol. The van der Waals surface area contributed by atoms with Gasteiger partial charge in [-0.2, -0.15) is 5.10 Å². The summed E-state index contributed by atoms with van der Waals surface area (Å²) in [4.78, 5) is 24.0. The van der Waals surface area contributed by atoms with Crippen molar-refractivity contribution in [2.75, 3.05) is 11.9 Å². The number of hydrogen-bond donors (Lipinski definition) is 2. The molecule has 0 spiro atoms. The number of halogens is 1. The van der Waals surface area contributed by atoms with Crippen LogP contribution in [0.25, 0.3) is 5.52 Å². The first-order valence-corrected chi connectivity index (χ1v) is 6.43. The van der Waals surface area contributed by atoms with E-state index in [2.05, 4.69) is 10.4 Å². The molecule has 2 atom stereocenters. The molecule has 110 valence electrons. The minimum absolute atomic E-state index is 0.133. The van der Waals surface area contributed by atoms with Crippen molar-refractivity contribution in [2.24, 2.45) is 0 Å². The minimum atomic E-state index is -1.32. The van der Waals surface area contributed by atoms with Gasteiger partial charge in [0, 0.05) is 18.7 Å². The third-order valence-corrected chi connectivity index (χ3v) is 3.42. The van der Waals surface area contributed by atoms with Gasteiger partial charge in [-0.3, -0.25) is 9.69 Å². The Morgan fingerprint density at radius 3 is 2.95 bits per heavy atom. The number of amides is 2. The standard InChI is InChI=1S/C13H13FN4O3/c14-8-5-10(17(7-8)13(20)21)12(19)15-11-6-9-3-1-2-4-18(9)16-11/h1-4,6,8,10H,5,7H2,(H,20,21)(H,15,16,19)/t8-,10-/m1/s1. The van der Waals surface area contributed by atoms with Crippen molar-refractivity contribution >= 4 is 23.3 Å². The zero-order valence-corrected chi connectivity index (χ0v) is 10.9. The fourth-order valence-corrected chi connectivity index (χ4v) is 2.45. The number of likely N-dealkylation sites (tertiary alicyclic amines) is 1. The molecule has 2 aromatic heterocycles. The number of fused-ring (bicyclic) bond motifs is 1. The molecule has 2 N–H and O–H groups in total. The Morgan fingerprint density at radius 1 is 1.43 bits per heavy atom. The summed E-state index contributed by atoms with van der Waals surface area (Å²) in [6, 6.07) is 6.08. The van der Waals surface area contributed by atoms with E-state index < -0.39 is 24.2 Å². The topological polar surface area (TPSA) is 86.9 Å². The molecule has 0 unspecified atom stereocenters. The summed E-state index contributed by atoms with van der Waals surface area (Å²) < 4.78 is 14.9. The predicted molar refractivity (Wildman–Crippen MR) is 71.9 cm³/mol. The van der Waals surface area contributed by atoms with Gasteiger partial charge in [0.15, 0.2) is 5.82 Å². The Balaban J connectivity index is 1.77. The lowest BCUT2D eigenvalue weighted by molar-refractivity contribution is -0.120. The maximum absolute atomic E-state index is 13.3. The maximum atomic E-state index is 13.3. The molecule has 1 aliphatic rings. The highest BCUT2D eigenvalue weighted by molar-refractivity contribution is 5.96. The molecule has 2 amide bonds. The van der Waals surface area contributed by atoms with Gasteiger partial charge in [-0.25, -0.2) is 13.7 Å². The van der Waals surface area contributed by atoms with Crippen LogP contribution in [0.1, 0.15) is 6.42 Å². The van der Waals surface area contributed by atoms with Crippen LogP contribution in [0, 0.1) is 0 Å². The maximum Gasteiger partial charge on any atom is 0.408 e. The van der Waals surface area contributed by atoms with Crippen molar-refractivity contribution in [3.05, 3.63) is 30.5 Å². The van der Waals surface area contributed by atoms with Crippen molar-refractivity contribution in [3.8, 4) is 0 Å². The van der Waals surface area contributed by atoms with Crippen LogP contribution in [0.5, 0.6) is 0 Å². The second-order valence-corrected chi connectivity index (χ2v) is 4.87. The first-order chi connectivity index (χ1) is 10.0. The third-order valence-electron chi connectivity index (χ3n) is 3.42. The van der Waals surface area contributed by atoms with Crippen LogP contribution in [0.15, 0.2) is 30.5 Å². The lowest BCUT2D eigenvalue weighted by Crippen LogP contribution is -2.42. The quantitative estimate of drug-likeness (QED) is 0.875. The fourth-order valence-electron chi connectivity index (χ4n) is 2.45. The van der Waals surface area contributed by atoms with Crippen LogP contribution < -0.4 is 5.32 Å². The van der Waals surface area contributed by atoms with Crippen molar-refractivity contribution in [2.45, 2.75) is 18.6 Å². The fraction of sp³-hybridized carbons (Fsp3) is 0.308. The Hall–Kier alpha value is -2.64. The van der Waals surface area contributed by atoms with E-state index >= 15 is 0 Å². The molecule has 0 saturated carbocycles. The first-order valence-electron chi connectivity index (χ1n) is 6.43. The normalized spacial score (nSPS) is 21.7. The summed E-state index contributed by atoms with van der Waals surface area (Å²) in [5.74, 6) is -0.264. The van der Waals surface area contributed by atoms with Gasteiger partial charge in [0.2, 0.25) is 5.91 Å². The van der Waals surface area contributed by atoms with Gasteiger partial charge in [-0.15, -0.1) is 0 Å². The number of nitrogens with one attached hydrogen (secondary N) is 1. The minimum Gasteiger partial charge on any atom is -0.465 e. The van der Waals surface area contributed by atoms with E-state index in [9.17, 15) is 14.0 Å². The van der Waals surface area contributed by atoms with Crippen LogP contribution in [0.4, 0.5) is 15.0 Å². The summed E-state index contributed by atoms with van der Waals surface area (Å²) in [5, 5.41) is 15.7. The number of hydrogen-bond acceptors (Lipinski definition) is 3. The Bertz CT molecular complexity index is 669. The van der Waals surface area contributed by atoms with E-state index in [4.69, 9.17) is 5.11 Å². The molecule has 1 aliphatic heterocycles. The van der Waals surface area contributed by atoms with Gasteiger partial charge in [-0.05, 0) is 12.1 Å². The van der Waals surface area contributed by atoms with E-state index in [1.807, 2.05) is 12.1 Å². The number of nitrogens with zero attached hydrogens (tertiary/aromatic N) is 3. The smallest absolute Gasteiger partial charge is 0.408 e. The van der Waals surface area contributed by atoms with Gasteiger partial charge in [0.25, 0.3) is 0 Å². The second-order valence-electron chi connectivity index (χ2n) is 4.87. The molecular formula is C13H13FN4O3. The summed E-state index contributed by atoms with van der Waals surface area (Å²) in [5.41, 5.74) is 0.790. The summed E-state index contributed by atoms with van der Waals surface area (Å²) in [6.07, 6.45) is -1.03. The van der Waals surface area contributed by atoms with E-state index in [0.29, 0.717) is 5.82 Å². The number of carboxylic acid groups (broad SMARTS) is 1. The molecule has 21 heavy (non-hydrogen) atoms. The van der Waals surface area contributed by atoms with Crippen molar-refractivity contribution < 1.29 is 19.1 Å². The monoisotopic (exact) mass is 292 g/mol. The Labute approximate surface area is 119 Å². The van der Waals surface area contributed by atoms with Crippen molar-refractivity contribution in [1.82, 2.24) is 14.5 Å². The average Bonchev–Trinajstić information content (AvgIpc) is 3.01. The lowest BCUT2D eigenvalue weighted by atomic mass is 10.2. The molecule has 1 fully saturated rings. The van der Waals surface area contributed by atoms with Crippen LogP contribution in [0.2, 0.25) is 0 Å². The number of anilines is 1. The largest absolute Gasteiger partial charge is 0.465 e. The molecule has 0 aliphatic carbocycles. The number of carbonyl (C=O) groups is 2. The van der Waals surface area contributed by atoms with Crippen LogP contribution >= 0.6 is 0 Å². The molecule has 1 saturated heterocycles. The van der Waals surface area contributed by atoms with Crippen molar-refractivity contribution in [3.63, 3.8) is 0 Å². The number of aromatic nitrogens is 2. The van der Waals surface area contributed by atoms with Crippen LogP contribution in [0.3, 0.4) is 0 Å². The zero-order chi connectivity index (χ0) is 15.0. The second kappa shape index (κ2) is 5.04. The molecule has 3 heterocycles. The molecule has 7 nitrogen and oxygen atoms in total. The average molecular weight is 292 g/mol. The summed E-state index contributed by atoms with van der Waals surface area (Å²) in [7, 11) is 0. The number of alkyl halides is 1. The molecule has 0 aromatic carbocycles. The van der Waals surface area contributed by atoms with Gasteiger partial charge < -0.3 is 10.4 Å². The zero-order valence-electron chi connectivity index (χ0n) is 10.9. The highest BCUT2D eigenvalue weighted by Crippen LogP contribution is 2.22. The predicted octanol–water partition coefficient (Wildman–Crippen LogP) is 1.36. The van der Waals surface area contributed by atoms with Crippen LogP contribution in [-0.4, -0.2) is 50.4 Å². The first kappa shape index (κ1) is 13.3. The van der Waals surface area contributed by atoms with Gasteiger partial charge in [0.05, 0.1) is 12.1 Å². The lowest BCUT2D eigenvalue weighted by Gasteiger charge is -2.19. The summed E-state index contributed by atoms with van der Waals surface area (Å²) >= 11 is 0. The molecule has 8 heteroatoms. The third kappa shape index (κ3) is 2.51. The highest BCUT2D eigenvalue weighted by atomic mass is 19.1. The van der Waals surface area contributed by atoms with E-state index in [1.54, 1.807) is 22.8 Å². The molecule has 2 aromatic rings.